The van der Waals surface area contributed by atoms with Gasteiger partial charge >= 0.3 is 0 Å². The van der Waals surface area contributed by atoms with Crippen LogP contribution in [0.25, 0.3) is 0 Å². The molecule has 0 atom stereocenters. The second-order valence-electron chi connectivity index (χ2n) is 4.29. The Kier molecular flexibility index (Phi) is 3.78. The van der Waals surface area contributed by atoms with E-state index in [9.17, 15) is 0 Å². The Morgan fingerprint density at radius 1 is 1.00 bits per heavy atom. The number of hydrogen-bond acceptors (Lipinski definition) is 1. The molecule has 0 bridgehead atoms. The molecular formula is C16H18N2. The van der Waals surface area contributed by atoms with Crippen molar-refractivity contribution in [1.82, 2.24) is 0 Å². The van der Waals surface area contributed by atoms with E-state index in [0.717, 1.165) is 17.7 Å². The van der Waals surface area contributed by atoms with Gasteiger partial charge in [-0.05, 0) is 24.1 Å². The third kappa shape index (κ3) is 2.59. The smallest absolute Gasteiger partial charge is 0.132 e. The number of hydrogen-bond donors (Lipinski definition) is 1. The van der Waals surface area contributed by atoms with Gasteiger partial charge in [0.05, 0.1) is 0 Å². The molecule has 0 spiro atoms. The Bertz CT molecular complexity index is 515. The highest BCUT2D eigenvalue weighted by atomic mass is 15.1. The van der Waals surface area contributed by atoms with E-state index >= 15 is 0 Å². The zero-order valence-corrected chi connectivity index (χ0v) is 10.9. The third-order valence-corrected chi connectivity index (χ3v) is 3.11. The Hall–Kier alpha value is -2.09. The predicted molar refractivity (Wildman–Crippen MR) is 77.5 cm³/mol. The molecule has 0 aliphatic heterocycles. The summed E-state index contributed by atoms with van der Waals surface area (Å²) in [5.41, 5.74) is 3.29. The highest BCUT2D eigenvalue weighted by Crippen LogP contribution is 2.16. The van der Waals surface area contributed by atoms with Crippen molar-refractivity contribution in [2.75, 3.05) is 11.9 Å². The van der Waals surface area contributed by atoms with Crippen molar-refractivity contribution in [2.45, 2.75) is 13.3 Å². The van der Waals surface area contributed by atoms with Crippen LogP contribution in [-0.4, -0.2) is 12.9 Å². The monoisotopic (exact) mass is 238 g/mol. The van der Waals surface area contributed by atoms with Gasteiger partial charge in [-0.25, -0.2) is 0 Å². The second-order valence-corrected chi connectivity index (χ2v) is 4.29. The molecule has 0 amide bonds. The molecule has 2 aromatic rings. The first-order chi connectivity index (χ1) is 8.72. The fourth-order valence-corrected chi connectivity index (χ4v) is 1.87. The summed E-state index contributed by atoms with van der Waals surface area (Å²) in [6.45, 7) is 2.14. The summed E-state index contributed by atoms with van der Waals surface area (Å²) in [7, 11) is 1.93. The van der Waals surface area contributed by atoms with E-state index in [0.29, 0.717) is 5.84 Å². The summed E-state index contributed by atoms with van der Waals surface area (Å²) in [6, 6.07) is 18.2. The molecule has 2 rings (SSSR count). The molecule has 0 saturated heterocycles. The Morgan fingerprint density at radius 2 is 1.61 bits per heavy atom. The normalized spacial score (nSPS) is 10.1. The van der Waals surface area contributed by atoms with Crippen molar-refractivity contribution in [3.05, 3.63) is 65.7 Å². The predicted octanol–water partition coefficient (Wildman–Crippen LogP) is 3.71. The number of rotatable bonds is 3. The molecule has 0 unspecified atom stereocenters. The van der Waals surface area contributed by atoms with Crippen LogP contribution in [0.2, 0.25) is 0 Å². The number of nitrogens with one attached hydrogen (secondary N) is 1. The highest BCUT2D eigenvalue weighted by Gasteiger charge is 2.08. The zero-order chi connectivity index (χ0) is 13.0. The van der Waals surface area contributed by atoms with E-state index in [1.807, 2.05) is 42.3 Å². The van der Waals surface area contributed by atoms with Crippen LogP contribution in [0, 0.1) is 5.41 Å². The minimum absolute atomic E-state index is 0.514. The van der Waals surface area contributed by atoms with Crippen molar-refractivity contribution in [3.8, 4) is 0 Å². The van der Waals surface area contributed by atoms with Crippen LogP contribution in [0.5, 0.6) is 0 Å². The van der Waals surface area contributed by atoms with Crippen molar-refractivity contribution in [1.29, 1.82) is 5.41 Å². The molecule has 18 heavy (non-hydrogen) atoms. The summed E-state index contributed by atoms with van der Waals surface area (Å²) in [4.78, 5) is 1.90. The first-order valence-corrected chi connectivity index (χ1v) is 6.19. The fourth-order valence-electron chi connectivity index (χ4n) is 1.87. The average molecular weight is 238 g/mol. The van der Waals surface area contributed by atoms with Gasteiger partial charge in [0.25, 0.3) is 0 Å². The largest absolute Gasteiger partial charge is 0.329 e. The first-order valence-electron chi connectivity index (χ1n) is 6.19. The van der Waals surface area contributed by atoms with Crippen LogP contribution in [-0.2, 0) is 6.42 Å². The van der Waals surface area contributed by atoms with E-state index in [2.05, 4.69) is 31.2 Å². The van der Waals surface area contributed by atoms with Gasteiger partial charge in [0, 0.05) is 18.3 Å². The molecule has 0 heterocycles. The van der Waals surface area contributed by atoms with Gasteiger partial charge in [-0.2, -0.15) is 0 Å². The van der Waals surface area contributed by atoms with Crippen LogP contribution < -0.4 is 4.90 Å². The SMILES string of the molecule is CCc1ccc(N(C)C(=N)c2ccccc2)cc1. The van der Waals surface area contributed by atoms with Crippen LogP contribution in [0.15, 0.2) is 54.6 Å². The van der Waals surface area contributed by atoms with Gasteiger partial charge < -0.3 is 4.90 Å². The van der Waals surface area contributed by atoms with Gasteiger partial charge in [0.2, 0.25) is 0 Å². The van der Waals surface area contributed by atoms with E-state index in [1.165, 1.54) is 5.56 Å². The van der Waals surface area contributed by atoms with Gasteiger partial charge in [-0.15, -0.1) is 0 Å². The molecule has 0 saturated carbocycles. The fraction of sp³-hybridized carbons (Fsp3) is 0.188. The Morgan fingerprint density at radius 3 is 2.17 bits per heavy atom. The van der Waals surface area contributed by atoms with Crippen molar-refractivity contribution < 1.29 is 0 Å². The molecule has 2 heteroatoms. The average Bonchev–Trinajstić information content (AvgIpc) is 2.47. The number of aryl methyl sites for hydroxylation is 1. The van der Waals surface area contributed by atoms with Gasteiger partial charge in [-0.3, -0.25) is 5.41 Å². The topological polar surface area (TPSA) is 27.1 Å². The number of benzene rings is 2. The van der Waals surface area contributed by atoms with Gasteiger partial charge in [0.1, 0.15) is 5.84 Å². The zero-order valence-electron chi connectivity index (χ0n) is 10.9. The van der Waals surface area contributed by atoms with E-state index in [4.69, 9.17) is 5.41 Å². The lowest BCUT2D eigenvalue weighted by atomic mass is 10.1. The molecule has 0 fully saturated rings. The molecule has 0 aliphatic rings. The van der Waals surface area contributed by atoms with Crippen molar-refractivity contribution in [2.24, 2.45) is 0 Å². The molecule has 92 valence electrons. The molecule has 0 aliphatic carbocycles. The summed E-state index contributed by atoms with van der Waals surface area (Å²) in [6.07, 6.45) is 1.04. The minimum Gasteiger partial charge on any atom is -0.329 e. The highest BCUT2D eigenvalue weighted by molar-refractivity contribution is 6.07. The maximum Gasteiger partial charge on any atom is 0.132 e. The van der Waals surface area contributed by atoms with Crippen LogP contribution in [0.3, 0.4) is 0 Å². The molecule has 1 N–H and O–H groups in total. The van der Waals surface area contributed by atoms with Crippen LogP contribution in [0.1, 0.15) is 18.1 Å². The maximum atomic E-state index is 8.20. The van der Waals surface area contributed by atoms with Crippen LogP contribution >= 0.6 is 0 Å². The quantitative estimate of drug-likeness (QED) is 0.640. The van der Waals surface area contributed by atoms with E-state index in [1.54, 1.807) is 0 Å². The maximum absolute atomic E-state index is 8.20. The van der Waals surface area contributed by atoms with E-state index < -0.39 is 0 Å². The summed E-state index contributed by atoms with van der Waals surface area (Å²) in [5, 5.41) is 8.20. The number of amidine groups is 1. The first kappa shape index (κ1) is 12.4. The van der Waals surface area contributed by atoms with Gasteiger partial charge in [0.15, 0.2) is 0 Å². The summed E-state index contributed by atoms with van der Waals surface area (Å²) in [5.74, 6) is 0.514. The third-order valence-electron chi connectivity index (χ3n) is 3.11. The van der Waals surface area contributed by atoms with E-state index in [-0.39, 0.29) is 0 Å². The standard InChI is InChI=1S/C16H18N2/c1-3-13-9-11-15(12-10-13)18(2)16(17)14-7-5-4-6-8-14/h4-12,17H,3H2,1-2H3. The molecule has 2 nitrogen and oxygen atoms in total. The lowest BCUT2D eigenvalue weighted by molar-refractivity contribution is 1.13. The molecule has 0 aromatic heterocycles. The minimum atomic E-state index is 0.514. The van der Waals surface area contributed by atoms with Crippen LogP contribution in [0.4, 0.5) is 5.69 Å². The molecule has 2 aromatic carbocycles. The molecular weight excluding hydrogens is 220 g/mol. The van der Waals surface area contributed by atoms with Crippen molar-refractivity contribution >= 4 is 11.5 Å². The summed E-state index contributed by atoms with van der Waals surface area (Å²) < 4.78 is 0. The second kappa shape index (κ2) is 5.50. The van der Waals surface area contributed by atoms with Crippen molar-refractivity contribution in [3.63, 3.8) is 0 Å². The van der Waals surface area contributed by atoms with Gasteiger partial charge in [-0.1, -0.05) is 49.4 Å². The Balaban J connectivity index is 2.20. The lowest BCUT2D eigenvalue weighted by Gasteiger charge is -2.20. The molecule has 0 radical (unpaired) electrons. The number of anilines is 1. The number of nitrogens with zero attached hydrogens (tertiary/aromatic N) is 1. The Labute approximate surface area is 108 Å². The lowest BCUT2D eigenvalue weighted by Crippen LogP contribution is -2.26. The summed E-state index contributed by atoms with van der Waals surface area (Å²) >= 11 is 0.